The molecule has 0 aliphatic heterocycles. The molecule has 78 valence electrons. The summed E-state index contributed by atoms with van der Waals surface area (Å²) in [4.78, 5) is 0. The fourth-order valence-corrected chi connectivity index (χ4v) is 1.42. The predicted molar refractivity (Wildman–Crippen MR) is 53.6 cm³/mol. The van der Waals surface area contributed by atoms with E-state index in [1.165, 1.54) is 20.3 Å². The highest BCUT2D eigenvalue weighted by molar-refractivity contribution is 5.43. The molecule has 0 N–H and O–H groups in total. The molecule has 0 heterocycles. The van der Waals surface area contributed by atoms with Crippen molar-refractivity contribution in [2.45, 2.75) is 19.8 Å². The average Bonchev–Trinajstić information content (AvgIpc) is 2.15. The van der Waals surface area contributed by atoms with Crippen LogP contribution in [0.15, 0.2) is 12.1 Å². The minimum Gasteiger partial charge on any atom is -0.497 e. The Morgan fingerprint density at radius 2 is 1.79 bits per heavy atom. The van der Waals surface area contributed by atoms with Crippen molar-refractivity contribution >= 4 is 0 Å². The topological polar surface area (TPSA) is 18.5 Å². The lowest BCUT2D eigenvalue weighted by Gasteiger charge is -2.14. The number of rotatable bonds is 3. The van der Waals surface area contributed by atoms with E-state index in [9.17, 15) is 4.39 Å². The van der Waals surface area contributed by atoms with Crippen LogP contribution in [0.3, 0.4) is 0 Å². The zero-order valence-electron chi connectivity index (χ0n) is 8.93. The highest BCUT2D eigenvalue weighted by Gasteiger charge is 2.14. The summed E-state index contributed by atoms with van der Waals surface area (Å²) in [6.07, 6.45) is 0. The van der Waals surface area contributed by atoms with E-state index in [0.717, 1.165) is 0 Å². The van der Waals surface area contributed by atoms with Gasteiger partial charge in [0.2, 0.25) is 0 Å². The molecule has 0 aliphatic rings. The molecule has 0 radical (unpaired) electrons. The molecule has 0 aromatic heterocycles. The Morgan fingerprint density at radius 1 is 1.14 bits per heavy atom. The Bertz CT molecular complexity index is 321. The Balaban J connectivity index is 3.27. The van der Waals surface area contributed by atoms with E-state index < -0.39 is 0 Å². The molecule has 0 aliphatic carbocycles. The third-order valence-electron chi connectivity index (χ3n) is 2.10. The van der Waals surface area contributed by atoms with Gasteiger partial charge in [-0.1, -0.05) is 13.8 Å². The third-order valence-corrected chi connectivity index (χ3v) is 2.10. The largest absolute Gasteiger partial charge is 0.497 e. The molecule has 1 aromatic rings. The molecule has 0 bridgehead atoms. The van der Waals surface area contributed by atoms with Crippen LogP contribution in [-0.2, 0) is 0 Å². The van der Waals surface area contributed by atoms with Gasteiger partial charge in [-0.3, -0.25) is 0 Å². The first-order valence-corrected chi connectivity index (χ1v) is 4.51. The zero-order chi connectivity index (χ0) is 10.7. The summed E-state index contributed by atoms with van der Waals surface area (Å²) in [5.74, 6) is 0.827. The van der Waals surface area contributed by atoms with Gasteiger partial charge in [-0.2, -0.15) is 0 Å². The van der Waals surface area contributed by atoms with E-state index >= 15 is 0 Å². The van der Waals surface area contributed by atoms with Crippen molar-refractivity contribution in [3.63, 3.8) is 0 Å². The molecular weight excluding hydrogens is 183 g/mol. The number of hydrogen-bond donors (Lipinski definition) is 0. The average molecular weight is 198 g/mol. The molecule has 2 nitrogen and oxygen atoms in total. The first-order chi connectivity index (χ1) is 6.60. The SMILES string of the molecule is COc1cc(F)c(C(C)C)c(OC)c1. The monoisotopic (exact) mass is 198 g/mol. The van der Waals surface area contributed by atoms with Gasteiger partial charge in [-0.05, 0) is 5.92 Å². The molecule has 0 amide bonds. The molecule has 3 heteroatoms. The van der Waals surface area contributed by atoms with Crippen molar-refractivity contribution in [2.24, 2.45) is 0 Å². The smallest absolute Gasteiger partial charge is 0.134 e. The first kappa shape index (κ1) is 10.8. The Hall–Kier alpha value is -1.25. The summed E-state index contributed by atoms with van der Waals surface area (Å²) in [7, 11) is 3.03. The van der Waals surface area contributed by atoms with Crippen LogP contribution >= 0.6 is 0 Å². The van der Waals surface area contributed by atoms with Gasteiger partial charge < -0.3 is 9.47 Å². The van der Waals surface area contributed by atoms with Gasteiger partial charge in [0.15, 0.2) is 0 Å². The van der Waals surface area contributed by atoms with Crippen molar-refractivity contribution in [3.8, 4) is 11.5 Å². The fourth-order valence-electron chi connectivity index (χ4n) is 1.42. The minimum absolute atomic E-state index is 0.0934. The summed E-state index contributed by atoms with van der Waals surface area (Å²) in [6, 6.07) is 3.07. The van der Waals surface area contributed by atoms with Crippen molar-refractivity contribution in [3.05, 3.63) is 23.5 Å². The molecule has 0 spiro atoms. The maximum Gasteiger partial charge on any atom is 0.134 e. The van der Waals surface area contributed by atoms with Crippen LogP contribution in [-0.4, -0.2) is 14.2 Å². The van der Waals surface area contributed by atoms with Crippen molar-refractivity contribution in [2.75, 3.05) is 14.2 Å². The van der Waals surface area contributed by atoms with E-state index in [-0.39, 0.29) is 11.7 Å². The van der Waals surface area contributed by atoms with Gasteiger partial charge in [-0.25, -0.2) is 4.39 Å². The molecule has 1 rings (SSSR count). The molecule has 0 saturated carbocycles. The maximum atomic E-state index is 13.6. The first-order valence-electron chi connectivity index (χ1n) is 4.51. The second-order valence-corrected chi connectivity index (χ2v) is 3.38. The molecule has 0 atom stereocenters. The third kappa shape index (κ3) is 1.97. The highest BCUT2D eigenvalue weighted by atomic mass is 19.1. The number of halogens is 1. The molecular formula is C11H15FO2. The van der Waals surface area contributed by atoms with Crippen LogP contribution in [0, 0.1) is 5.82 Å². The highest BCUT2D eigenvalue weighted by Crippen LogP contribution is 2.32. The molecule has 1 aromatic carbocycles. The lowest BCUT2D eigenvalue weighted by Crippen LogP contribution is -1.99. The lowest BCUT2D eigenvalue weighted by molar-refractivity contribution is 0.382. The quantitative estimate of drug-likeness (QED) is 0.743. The zero-order valence-corrected chi connectivity index (χ0v) is 8.93. The number of ether oxygens (including phenoxy) is 2. The molecule has 0 fully saturated rings. The number of methoxy groups -OCH3 is 2. The Labute approximate surface area is 83.6 Å². The van der Waals surface area contributed by atoms with Gasteiger partial charge >= 0.3 is 0 Å². The van der Waals surface area contributed by atoms with Crippen LogP contribution in [0.5, 0.6) is 11.5 Å². The van der Waals surface area contributed by atoms with Gasteiger partial charge in [0.25, 0.3) is 0 Å². The van der Waals surface area contributed by atoms with E-state index in [4.69, 9.17) is 9.47 Å². The Morgan fingerprint density at radius 3 is 2.21 bits per heavy atom. The van der Waals surface area contributed by atoms with Crippen molar-refractivity contribution in [1.82, 2.24) is 0 Å². The van der Waals surface area contributed by atoms with E-state index in [2.05, 4.69) is 0 Å². The molecule has 0 saturated heterocycles. The van der Waals surface area contributed by atoms with Crippen LogP contribution < -0.4 is 9.47 Å². The van der Waals surface area contributed by atoms with Crippen LogP contribution in [0.25, 0.3) is 0 Å². The van der Waals surface area contributed by atoms with Crippen LogP contribution in [0.1, 0.15) is 25.3 Å². The summed E-state index contributed by atoms with van der Waals surface area (Å²) in [5.41, 5.74) is 0.591. The summed E-state index contributed by atoms with van der Waals surface area (Å²) in [5, 5.41) is 0. The van der Waals surface area contributed by atoms with Crippen LogP contribution in [0.2, 0.25) is 0 Å². The number of benzene rings is 1. The van der Waals surface area contributed by atoms with Gasteiger partial charge in [0, 0.05) is 17.7 Å². The number of hydrogen-bond acceptors (Lipinski definition) is 2. The summed E-state index contributed by atoms with van der Waals surface area (Å²) in [6.45, 7) is 3.85. The normalized spacial score (nSPS) is 10.4. The standard InChI is InChI=1S/C11H15FO2/c1-7(2)11-9(12)5-8(13-3)6-10(11)14-4/h5-7H,1-4H3. The summed E-state index contributed by atoms with van der Waals surface area (Å²) >= 11 is 0. The van der Waals surface area contributed by atoms with Crippen molar-refractivity contribution in [1.29, 1.82) is 0 Å². The minimum atomic E-state index is -0.281. The van der Waals surface area contributed by atoms with E-state index in [0.29, 0.717) is 17.1 Å². The van der Waals surface area contributed by atoms with Crippen LogP contribution in [0.4, 0.5) is 4.39 Å². The second kappa shape index (κ2) is 4.31. The molecule has 0 unspecified atom stereocenters. The van der Waals surface area contributed by atoms with Gasteiger partial charge in [0.05, 0.1) is 14.2 Å². The van der Waals surface area contributed by atoms with E-state index in [1.54, 1.807) is 6.07 Å². The van der Waals surface area contributed by atoms with E-state index in [1.807, 2.05) is 13.8 Å². The predicted octanol–water partition coefficient (Wildman–Crippen LogP) is 2.97. The van der Waals surface area contributed by atoms with Gasteiger partial charge in [-0.15, -0.1) is 0 Å². The maximum absolute atomic E-state index is 13.6. The fraction of sp³-hybridized carbons (Fsp3) is 0.455. The lowest BCUT2D eigenvalue weighted by atomic mass is 10.0. The Kier molecular flexibility index (Phi) is 3.33. The second-order valence-electron chi connectivity index (χ2n) is 3.38. The van der Waals surface area contributed by atoms with Gasteiger partial charge in [0.1, 0.15) is 17.3 Å². The van der Waals surface area contributed by atoms with Crippen molar-refractivity contribution < 1.29 is 13.9 Å². The molecule has 14 heavy (non-hydrogen) atoms. The summed E-state index contributed by atoms with van der Waals surface area (Å²) < 4.78 is 23.6.